The van der Waals surface area contributed by atoms with Crippen LogP contribution in [0.3, 0.4) is 0 Å². The van der Waals surface area contributed by atoms with Crippen molar-refractivity contribution in [2.24, 2.45) is 4.99 Å². The fraction of sp³-hybridized carbons (Fsp3) is 0.167. The molecule has 3 aromatic carbocycles. The first-order valence-corrected chi connectivity index (χ1v) is 11.2. The summed E-state index contributed by atoms with van der Waals surface area (Å²) >= 11 is 4.96. The average molecular weight is 497 g/mol. The number of rotatable bonds is 5. The second-order valence-corrected chi connectivity index (χ2v) is 8.80. The summed E-state index contributed by atoms with van der Waals surface area (Å²) in [6, 6.07) is 18.2. The third kappa shape index (κ3) is 4.34. The van der Waals surface area contributed by atoms with E-state index in [-0.39, 0.29) is 5.91 Å². The van der Waals surface area contributed by atoms with Crippen LogP contribution in [0.15, 0.2) is 69.0 Å². The zero-order valence-electron chi connectivity index (χ0n) is 17.4. The molecule has 0 bridgehead atoms. The van der Waals surface area contributed by atoms with Gasteiger partial charge in [-0.1, -0.05) is 58.4 Å². The number of halogens is 1. The lowest BCUT2D eigenvalue weighted by molar-refractivity contribution is -0.121. The van der Waals surface area contributed by atoms with Gasteiger partial charge in [-0.3, -0.25) is 14.7 Å². The third-order valence-electron chi connectivity index (χ3n) is 5.03. The van der Waals surface area contributed by atoms with E-state index < -0.39 is 0 Å². The van der Waals surface area contributed by atoms with Crippen molar-refractivity contribution in [1.29, 1.82) is 0 Å². The zero-order valence-corrected chi connectivity index (χ0v) is 19.8. The van der Waals surface area contributed by atoms with Crippen LogP contribution in [0.25, 0.3) is 16.8 Å². The number of thioether (sulfide) groups is 1. The predicted octanol–water partition coefficient (Wildman–Crippen LogP) is 5.72. The molecule has 158 valence electrons. The highest BCUT2D eigenvalue weighted by Crippen LogP contribution is 2.38. The fourth-order valence-electron chi connectivity index (χ4n) is 3.40. The van der Waals surface area contributed by atoms with Gasteiger partial charge in [-0.2, -0.15) is 0 Å². The number of amidine groups is 1. The number of ether oxygens (including phenoxy) is 2. The molecule has 1 amide bonds. The molecule has 0 radical (unpaired) electrons. The summed E-state index contributed by atoms with van der Waals surface area (Å²) in [5.74, 6) is 1.15. The monoisotopic (exact) mass is 496 g/mol. The maximum atomic E-state index is 12.5. The molecule has 0 unspecified atom stereocenters. The van der Waals surface area contributed by atoms with E-state index in [2.05, 4.69) is 45.2 Å². The fourth-order valence-corrected chi connectivity index (χ4v) is 4.75. The molecule has 5 nitrogen and oxygen atoms in total. The van der Waals surface area contributed by atoms with Crippen molar-refractivity contribution < 1.29 is 14.3 Å². The van der Waals surface area contributed by atoms with Gasteiger partial charge in [0, 0.05) is 18.6 Å². The maximum Gasteiger partial charge on any atom is 0.266 e. The molecular weight excluding hydrogens is 476 g/mol. The van der Waals surface area contributed by atoms with Gasteiger partial charge in [-0.25, -0.2) is 0 Å². The van der Waals surface area contributed by atoms with Crippen molar-refractivity contribution in [3.8, 4) is 11.5 Å². The first kappa shape index (κ1) is 21.5. The van der Waals surface area contributed by atoms with E-state index in [0.717, 1.165) is 15.6 Å². The van der Waals surface area contributed by atoms with Crippen LogP contribution in [-0.2, 0) is 11.4 Å². The van der Waals surface area contributed by atoms with Gasteiger partial charge in [0.25, 0.3) is 5.91 Å². The van der Waals surface area contributed by atoms with Gasteiger partial charge in [0.15, 0.2) is 16.7 Å². The Morgan fingerprint density at radius 1 is 1.13 bits per heavy atom. The van der Waals surface area contributed by atoms with Crippen molar-refractivity contribution in [3.05, 3.63) is 75.1 Å². The standard InChI is InChI=1S/C24H21BrN2O3S/c1-26-24-27(2)23(28)22(31-24)12-17-11-20(29-3)21(13-19(17)25)30-14-16-9-6-8-15-7-4-5-10-18(15)16/h4-13H,14H2,1-3H3/b22-12+,26-24?. The highest BCUT2D eigenvalue weighted by Gasteiger charge is 2.30. The molecule has 0 N–H and O–H groups in total. The van der Waals surface area contributed by atoms with Gasteiger partial charge in [-0.15, -0.1) is 0 Å². The van der Waals surface area contributed by atoms with Gasteiger partial charge in [0.05, 0.1) is 12.0 Å². The van der Waals surface area contributed by atoms with E-state index in [1.807, 2.05) is 36.4 Å². The normalized spacial score (nSPS) is 16.5. The first-order chi connectivity index (χ1) is 15.0. The second kappa shape index (κ2) is 9.16. The largest absolute Gasteiger partial charge is 0.493 e. The molecule has 0 aliphatic carbocycles. The summed E-state index contributed by atoms with van der Waals surface area (Å²) in [6.07, 6.45) is 1.84. The zero-order chi connectivity index (χ0) is 22.0. The van der Waals surface area contributed by atoms with E-state index in [0.29, 0.717) is 28.2 Å². The first-order valence-electron chi connectivity index (χ1n) is 9.63. The lowest BCUT2D eigenvalue weighted by atomic mass is 10.1. The highest BCUT2D eigenvalue weighted by molar-refractivity contribution is 9.10. The predicted molar refractivity (Wildman–Crippen MR) is 131 cm³/mol. The lowest BCUT2D eigenvalue weighted by Gasteiger charge is -2.14. The summed E-state index contributed by atoms with van der Waals surface area (Å²) in [6.45, 7) is 0.417. The van der Waals surface area contributed by atoms with Crippen LogP contribution in [0.4, 0.5) is 0 Å². The van der Waals surface area contributed by atoms with Crippen LogP contribution < -0.4 is 9.47 Å². The SMILES string of the molecule is CN=C1S/C(=C/c2cc(OC)c(OCc3cccc4ccccc34)cc2Br)C(=O)N1C. The summed E-state index contributed by atoms with van der Waals surface area (Å²) < 4.78 is 12.5. The topological polar surface area (TPSA) is 51.1 Å². The number of hydrogen-bond donors (Lipinski definition) is 0. The Balaban J connectivity index is 1.61. The number of fused-ring (bicyclic) bond motifs is 1. The van der Waals surface area contributed by atoms with E-state index >= 15 is 0 Å². The number of benzene rings is 3. The number of carbonyl (C=O) groups is 1. The van der Waals surface area contributed by atoms with E-state index in [4.69, 9.17) is 9.47 Å². The van der Waals surface area contributed by atoms with Crippen LogP contribution in [-0.4, -0.2) is 37.2 Å². The molecule has 1 heterocycles. The molecule has 3 aromatic rings. The number of carbonyl (C=O) groups excluding carboxylic acids is 1. The minimum absolute atomic E-state index is 0.0762. The van der Waals surface area contributed by atoms with Gasteiger partial charge in [0.1, 0.15) is 6.61 Å². The minimum Gasteiger partial charge on any atom is -0.493 e. The van der Waals surface area contributed by atoms with Crippen LogP contribution >= 0.6 is 27.7 Å². The molecule has 31 heavy (non-hydrogen) atoms. The molecule has 0 saturated carbocycles. The molecule has 1 saturated heterocycles. The number of nitrogens with zero attached hydrogens (tertiary/aromatic N) is 2. The summed E-state index contributed by atoms with van der Waals surface area (Å²) in [7, 11) is 5.00. The lowest BCUT2D eigenvalue weighted by Crippen LogP contribution is -2.23. The van der Waals surface area contributed by atoms with E-state index in [1.165, 1.54) is 22.5 Å². The molecule has 4 rings (SSSR count). The minimum atomic E-state index is -0.0762. The van der Waals surface area contributed by atoms with Crippen LogP contribution in [0.5, 0.6) is 11.5 Å². The number of methoxy groups -OCH3 is 1. The number of amides is 1. The molecule has 0 aromatic heterocycles. The van der Waals surface area contributed by atoms with Crippen molar-refractivity contribution in [2.45, 2.75) is 6.61 Å². The Kier molecular flexibility index (Phi) is 6.34. The summed E-state index contributed by atoms with van der Waals surface area (Å²) in [5, 5.41) is 3.02. The molecule has 0 spiro atoms. The van der Waals surface area contributed by atoms with Crippen LogP contribution in [0, 0.1) is 0 Å². The molecule has 0 atom stereocenters. The number of likely N-dealkylation sites (N-methyl/N-ethyl adjacent to an activating group) is 1. The molecular formula is C24H21BrN2O3S. The Bertz CT molecular complexity index is 1220. The van der Waals surface area contributed by atoms with Crippen molar-refractivity contribution in [2.75, 3.05) is 21.2 Å². The summed E-state index contributed by atoms with van der Waals surface area (Å²) in [5.41, 5.74) is 1.93. The quantitative estimate of drug-likeness (QED) is 0.423. The van der Waals surface area contributed by atoms with Crippen molar-refractivity contribution in [1.82, 2.24) is 4.90 Å². The van der Waals surface area contributed by atoms with Crippen LogP contribution in [0.1, 0.15) is 11.1 Å². The number of aliphatic imine (C=N–C) groups is 1. The van der Waals surface area contributed by atoms with Crippen molar-refractivity contribution in [3.63, 3.8) is 0 Å². The Labute approximate surface area is 193 Å². The van der Waals surface area contributed by atoms with Gasteiger partial charge in [0.2, 0.25) is 0 Å². The Hall–Kier alpha value is -2.77. The van der Waals surface area contributed by atoms with E-state index in [9.17, 15) is 4.79 Å². The van der Waals surface area contributed by atoms with Gasteiger partial charge >= 0.3 is 0 Å². The average Bonchev–Trinajstić information content (AvgIpc) is 3.06. The summed E-state index contributed by atoms with van der Waals surface area (Å²) in [4.78, 5) is 18.8. The molecule has 1 fully saturated rings. The Morgan fingerprint density at radius 2 is 1.90 bits per heavy atom. The van der Waals surface area contributed by atoms with Crippen LogP contribution in [0.2, 0.25) is 0 Å². The molecule has 1 aliphatic heterocycles. The van der Waals surface area contributed by atoms with Gasteiger partial charge < -0.3 is 9.47 Å². The van der Waals surface area contributed by atoms with E-state index in [1.54, 1.807) is 26.1 Å². The second-order valence-electron chi connectivity index (χ2n) is 6.93. The van der Waals surface area contributed by atoms with Crippen molar-refractivity contribution >= 4 is 55.6 Å². The smallest absolute Gasteiger partial charge is 0.266 e. The third-order valence-corrected chi connectivity index (χ3v) is 6.87. The number of hydrogen-bond acceptors (Lipinski definition) is 5. The molecule has 7 heteroatoms. The molecule has 1 aliphatic rings. The highest BCUT2D eigenvalue weighted by atomic mass is 79.9. The Morgan fingerprint density at radius 3 is 2.65 bits per heavy atom. The van der Waals surface area contributed by atoms with Gasteiger partial charge in [-0.05, 0) is 51.9 Å². The maximum absolute atomic E-state index is 12.5.